The molecule has 0 bridgehead atoms. The van der Waals surface area contributed by atoms with E-state index in [1.54, 1.807) is 25.2 Å². The summed E-state index contributed by atoms with van der Waals surface area (Å²) in [5.41, 5.74) is 0.964. The van der Waals surface area contributed by atoms with Gasteiger partial charge in [0.15, 0.2) is 0 Å². The number of likely N-dealkylation sites (tertiary alicyclic amines) is 1. The molecule has 0 aromatic heterocycles. The van der Waals surface area contributed by atoms with Crippen molar-refractivity contribution in [2.24, 2.45) is 0 Å². The van der Waals surface area contributed by atoms with E-state index in [-0.39, 0.29) is 28.2 Å². The van der Waals surface area contributed by atoms with Gasteiger partial charge >= 0.3 is 0 Å². The first-order valence-electron chi connectivity index (χ1n) is 9.14. The standard InChI is InChI=1S/C20H22ClN3O5/c1-28-16-8-14(9-17(11-16)29-2)22-13-4-3-7-23(12-13)20(25)18-6-5-15(24(26)27)10-19(18)21/h5-6,8-11,13,22H,3-4,7,12H2,1-2H3/t13-/m1/s1. The van der Waals surface area contributed by atoms with Crippen LogP contribution < -0.4 is 14.8 Å². The summed E-state index contributed by atoms with van der Waals surface area (Å²) in [5.74, 6) is 1.11. The Kier molecular flexibility index (Phi) is 6.43. The van der Waals surface area contributed by atoms with Crippen LogP contribution in [-0.2, 0) is 0 Å². The van der Waals surface area contributed by atoms with Gasteiger partial charge in [0, 0.05) is 55.2 Å². The molecule has 8 nitrogen and oxygen atoms in total. The monoisotopic (exact) mass is 419 g/mol. The molecule has 3 rings (SSSR count). The second-order valence-corrected chi connectivity index (χ2v) is 7.16. The van der Waals surface area contributed by atoms with E-state index in [0.29, 0.717) is 24.6 Å². The lowest BCUT2D eigenvalue weighted by atomic mass is 10.0. The molecule has 0 spiro atoms. The average Bonchev–Trinajstić information content (AvgIpc) is 2.73. The maximum absolute atomic E-state index is 12.9. The van der Waals surface area contributed by atoms with Gasteiger partial charge in [-0.2, -0.15) is 0 Å². The van der Waals surface area contributed by atoms with Gasteiger partial charge in [0.05, 0.1) is 29.7 Å². The van der Waals surface area contributed by atoms with Gasteiger partial charge < -0.3 is 19.7 Å². The van der Waals surface area contributed by atoms with Crippen LogP contribution in [0.1, 0.15) is 23.2 Å². The molecule has 29 heavy (non-hydrogen) atoms. The van der Waals surface area contributed by atoms with Crippen LogP contribution in [-0.4, -0.2) is 49.1 Å². The Morgan fingerprint density at radius 1 is 1.21 bits per heavy atom. The summed E-state index contributed by atoms with van der Waals surface area (Å²) in [5, 5.41) is 14.4. The van der Waals surface area contributed by atoms with Crippen LogP contribution in [0.25, 0.3) is 0 Å². The largest absolute Gasteiger partial charge is 0.497 e. The third kappa shape index (κ3) is 4.89. The van der Waals surface area contributed by atoms with Crippen molar-refractivity contribution in [1.29, 1.82) is 0 Å². The lowest BCUT2D eigenvalue weighted by molar-refractivity contribution is -0.384. The number of nitro groups is 1. The molecule has 0 saturated carbocycles. The van der Waals surface area contributed by atoms with E-state index in [9.17, 15) is 14.9 Å². The number of ether oxygens (including phenoxy) is 2. The van der Waals surface area contributed by atoms with E-state index >= 15 is 0 Å². The molecule has 0 unspecified atom stereocenters. The summed E-state index contributed by atoms with van der Waals surface area (Å²) < 4.78 is 10.6. The van der Waals surface area contributed by atoms with E-state index in [1.165, 1.54) is 18.2 Å². The Morgan fingerprint density at radius 2 is 1.90 bits per heavy atom. The van der Waals surface area contributed by atoms with Crippen LogP contribution in [0.4, 0.5) is 11.4 Å². The number of nitrogens with one attached hydrogen (secondary N) is 1. The van der Waals surface area contributed by atoms with Crippen molar-refractivity contribution in [3.8, 4) is 11.5 Å². The van der Waals surface area contributed by atoms with E-state index in [1.807, 2.05) is 12.1 Å². The summed E-state index contributed by atoms with van der Waals surface area (Å²) >= 11 is 6.13. The number of carbonyl (C=O) groups is 1. The van der Waals surface area contributed by atoms with Crippen molar-refractivity contribution < 1.29 is 19.2 Å². The number of anilines is 1. The molecule has 0 aliphatic carbocycles. The molecule has 1 amide bonds. The normalized spacial score (nSPS) is 16.2. The third-order valence-corrected chi connectivity index (χ3v) is 5.14. The lowest BCUT2D eigenvalue weighted by Gasteiger charge is -2.34. The molecule has 1 saturated heterocycles. The zero-order valence-corrected chi connectivity index (χ0v) is 16.9. The van der Waals surface area contributed by atoms with Gasteiger partial charge in [0.2, 0.25) is 0 Å². The fourth-order valence-corrected chi connectivity index (χ4v) is 3.62. The first-order valence-corrected chi connectivity index (χ1v) is 9.52. The highest BCUT2D eigenvalue weighted by molar-refractivity contribution is 6.34. The molecule has 1 aliphatic rings. The predicted molar refractivity (Wildman–Crippen MR) is 110 cm³/mol. The zero-order chi connectivity index (χ0) is 21.0. The SMILES string of the molecule is COc1cc(N[C@@H]2CCCN(C(=O)c3ccc([N+](=O)[O-])cc3Cl)C2)cc(OC)c1. The van der Waals surface area contributed by atoms with E-state index in [2.05, 4.69) is 5.32 Å². The van der Waals surface area contributed by atoms with Crippen LogP contribution in [0.5, 0.6) is 11.5 Å². The highest BCUT2D eigenvalue weighted by atomic mass is 35.5. The molecule has 154 valence electrons. The molecular weight excluding hydrogens is 398 g/mol. The number of methoxy groups -OCH3 is 2. The fraction of sp³-hybridized carbons (Fsp3) is 0.350. The number of rotatable bonds is 6. The Balaban J connectivity index is 1.72. The van der Waals surface area contributed by atoms with Crippen LogP contribution in [0, 0.1) is 10.1 Å². The first kappa shape index (κ1) is 20.7. The van der Waals surface area contributed by atoms with Crippen molar-refractivity contribution in [3.05, 3.63) is 57.1 Å². The number of piperidine rings is 1. The minimum Gasteiger partial charge on any atom is -0.497 e. The van der Waals surface area contributed by atoms with Gasteiger partial charge in [-0.1, -0.05) is 11.6 Å². The topological polar surface area (TPSA) is 93.9 Å². The Hall–Kier alpha value is -3.00. The van der Waals surface area contributed by atoms with Crippen molar-refractivity contribution in [2.45, 2.75) is 18.9 Å². The number of nitrogens with zero attached hydrogens (tertiary/aromatic N) is 2. The van der Waals surface area contributed by atoms with Crippen molar-refractivity contribution in [2.75, 3.05) is 32.6 Å². The van der Waals surface area contributed by atoms with Gasteiger partial charge in [-0.05, 0) is 18.9 Å². The minimum atomic E-state index is -0.538. The fourth-order valence-electron chi connectivity index (χ4n) is 3.37. The van der Waals surface area contributed by atoms with Crippen LogP contribution in [0.2, 0.25) is 5.02 Å². The number of carbonyl (C=O) groups excluding carboxylic acids is 1. The molecule has 0 radical (unpaired) electrons. The minimum absolute atomic E-state index is 0.0429. The predicted octanol–water partition coefficient (Wildman–Crippen LogP) is 3.98. The quantitative estimate of drug-likeness (QED) is 0.562. The number of hydrogen-bond acceptors (Lipinski definition) is 6. The second-order valence-electron chi connectivity index (χ2n) is 6.76. The molecule has 2 aromatic rings. The van der Waals surface area contributed by atoms with Crippen LogP contribution >= 0.6 is 11.6 Å². The summed E-state index contributed by atoms with van der Waals surface area (Å²) in [6.45, 7) is 1.09. The number of non-ortho nitro benzene ring substituents is 1. The third-order valence-electron chi connectivity index (χ3n) is 4.82. The highest BCUT2D eigenvalue weighted by Crippen LogP contribution is 2.28. The lowest BCUT2D eigenvalue weighted by Crippen LogP contribution is -2.45. The van der Waals surface area contributed by atoms with Gasteiger partial charge in [0.25, 0.3) is 11.6 Å². The van der Waals surface area contributed by atoms with E-state index in [4.69, 9.17) is 21.1 Å². The van der Waals surface area contributed by atoms with E-state index in [0.717, 1.165) is 18.5 Å². The molecule has 1 N–H and O–H groups in total. The smallest absolute Gasteiger partial charge is 0.270 e. The molecule has 1 heterocycles. The Morgan fingerprint density at radius 3 is 2.48 bits per heavy atom. The molecule has 1 atom stereocenters. The highest BCUT2D eigenvalue weighted by Gasteiger charge is 2.26. The van der Waals surface area contributed by atoms with Crippen LogP contribution in [0.15, 0.2) is 36.4 Å². The summed E-state index contributed by atoms with van der Waals surface area (Å²) in [7, 11) is 3.18. The molecular formula is C20H22ClN3O5. The number of amides is 1. The Labute approximate surface area is 173 Å². The van der Waals surface area contributed by atoms with E-state index < -0.39 is 4.92 Å². The molecule has 9 heteroatoms. The maximum atomic E-state index is 12.9. The van der Waals surface area contributed by atoms with Gasteiger partial charge in [-0.3, -0.25) is 14.9 Å². The molecule has 2 aromatic carbocycles. The first-order chi connectivity index (χ1) is 13.9. The van der Waals surface area contributed by atoms with Crippen LogP contribution in [0.3, 0.4) is 0 Å². The van der Waals surface area contributed by atoms with Gasteiger partial charge in [0.1, 0.15) is 11.5 Å². The summed E-state index contributed by atoms with van der Waals surface area (Å²) in [4.78, 5) is 24.9. The van der Waals surface area contributed by atoms with Gasteiger partial charge in [-0.25, -0.2) is 0 Å². The average molecular weight is 420 g/mol. The Bertz CT molecular complexity index is 899. The van der Waals surface area contributed by atoms with Gasteiger partial charge in [-0.15, -0.1) is 0 Å². The zero-order valence-electron chi connectivity index (χ0n) is 16.2. The molecule has 1 fully saturated rings. The number of nitro benzene ring substituents is 1. The van der Waals surface area contributed by atoms with Crippen molar-refractivity contribution in [3.63, 3.8) is 0 Å². The maximum Gasteiger partial charge on any atom is 0.270 e. The number of hydrogen-bond donors (Lipinski definition) is 1. The second kappa shape index (κ2) is 9.00. The van der Waals surface area contributed by atoms with Crippen molar-refractivity contribution in [1.82, 2.24) is 4.90 Å². The number of halogens is 1. The molecule has 1 aliphatic heterocycles. The van der Waals surface area contributed by atoms with Crippen molar-refractivity contribution >= 4 is 28.9 Å². The summed E-state index contributed by atoms with van der Waals surface area (Å²) in [6.07, 6.45) is 1.73. The number of benzene rings is 2. The summed E-state index contributed by atoms with van der Waals surface area (Å²) in [6, 6.07) is 9.48.